The average molecular weight is 337 g/mol. The van der Waals surface area contributed by atoms with Crippen LogP contribution in [0, 0.1) is 5.41 Å². The maximum atomic E-state index is 5.58. The summed E-state index contributed by atoms with van der Waals surface area (Å²) in [5.74, 6) is 0.787. The normalized spacial score (nSPS) is 14.2. The van der Waals surface area contributed by atoms with E-state index < -0.39 is 0 Å². The number of guanidine groups is 1. The van der Waals surface area contributed by atoms with Crippen molar-refractivity contribution < 1.29 is 4.74 Å². The quantitative estimate of drug-likeness (QED) is 0.628. The van der Waals surface area contributed by atoms with Crippen LogP contribution in [0.4, 0.5) is 0 Å². The van der Waals surface area contributed by atoms with Crippen molar-refractivity contribution >= 4 is 22.3 Å². The summed E-state index contributed by atoms with van der Waals surface area (Å²) in [6.45, 7) is 10.7. The van der Waals surface area contributed by atoms with Gasteiger partial charge in [-0.25, -0.2) is 9.98 Å². The Morgan fingerprint density at radius 2 is 2.22 bits per heavy atom. The van der Waals surface area contributed by atoms with Crippen molar-refractivity contribution in [3.63, 3.8) is 0 Å². The van der Waals surface area contributed by atoms with Gasteiger partial charge in [-0.3, -0.25) is 4.40 Å². The van der Waals surface area contributed by atoms with Gasteiger partial charge in [-0.1, -0.05) is 20.8 Å². The minimum Gasteiger partial charge on any atom is -0.379 e. The molecule has 128 valence electrons. The molecule has 1 unspecified atom stereocenters. The molecule has 2 rings (SSSR count). The van der Waals surface area contributed by atoms with Crippen molar-refractivity contribution in [2.24, 2.45) is 10.4 Å². The lowest BCUT2D eigenvalue weighted by Gasteiger charge is -2.30. The molecule has 6 nitrogen and oxygen atoms in total. The first-order valence-corrected chi connectivity index (χ1v) is 8.78. The summed E-state index contributed by atoms with van der Waals surface area (Å²) < 4.78 is 7.60. The van der Waals surface area contributed by atoms with Gasteiger partial charge in [0, 0.05) is 38.0 Å². The number of nitrogens with one attached hydrogen (secondary N) is 2. The van der Waals surface area contributed by atoms with Crippen LogP contribution in [-0.2, 0) is 11.3 Å². The number of hydrogen-bond donors (Lipinski definition) is 2. The van der Waals surface area contributed by atoms with Gasteiger partial charge in [0.15, 0.2) is 10.9 Å². The van der Waals surface area contributed by atoms with E-state index in [2.05, 4.69) is 48.3 Å². The topological polar surface area (TPSA) is 63.0 Å². The number of aromatic nitrogens is 2. The fourth-order valence-electron chi connectivity index (χ4n) is 2.29. The van der Waals surface area contributed by atoms with Gasteiger partial charge < -0.3 is 15.4 Å². The molecule has 0 bridgehead atoms. The first-order valence-electron chi connectivity index (χ1n) is 7.90. The van der Waals surface area contributed by atoms with Crippen LogP contribution in [0.25, 0.3) is 4.96 Å². The molecule has 0 saturated heterocycles. The standard InChI is InChI=1S/C16H27N5OS/c1-6-17-14(19-10-13(22-5)16(2,3)4)18-9-12-11-21-7-8-23-15(21)20-12/h7-8,11,13H,6,9-10H2,1-5H3,(H2,17,18,19). The van der Waals surface area contributed by atoms with Crippen LogP contribution in [0.2, 0.25) is 0 Å². The number of hydrogen-bond acceptors (Lipinski definition) is 4. The molecule has 0 spiro atoms. The summed E-state index contributed by atoms with van der Waals surface area (Å²) in [4.78, 5) is 10.2. The average Bonchev–Trinajstić information content (AvgIpc) is 3.04. The second-order valence-electron chi connectivity index (χ2n) is 6.49. The van der Waals surface area contributed by atoms with Crippen LogP contribution in [0.15, 0.2) is 22.8 Å². The molecule has 0 saturated carbocycles. The number of imidazole rings is 1. The first kappa shape index (κ1) is 17.7. The third-order valence-electron chi connectivity index (χ3n) is 3.59. The smallest absolute Gasteiger partial charge is 0.193 e. The molecule has 2 N–H and O–H groups in total. The monoisotopic (exact) mass is 337 g/mol. The highest BCUT2D eigenvalue weighted by molar-refractivity contribution is 7.15. The zero-order valence-corrected chi connectivity index (χ0v) is 15.4. The molecule has 0 aliphatic heterocycles. The van der Waals surface area contributed by atoms with Gasteiger partial charge in [0.1, 0.15) is 0 Å². The Morgan fingerprint density at radius 1 is 1.43 bits per heavy atom. The predicted molar refractivity (Wildman–Crippen MR) is 96.1 cm³/mol. The molecular formula is C16H27N5OS. The van der Waals surface area contributed by atoms with Crippen LogP contribution in [0.1, 0.15) is 33.4 Å². The van der Waals surface area contributed by atoms with Crippen molar-refractivity contribution in [3.8, 4) is 0 Å². The van der Waals surface area contributed by atoms with Gasteiger partial charge in [-0.15, -0.1) is 11.3 Å². The van der Waals surface area contributed by atoms with Gasteiger partial charge in [-0.05, 0) is 12.3 Å². The second-order valence-corrected chi connectivity index (χ2v) is 7.36. The van der Waals surface area contributed by atoms with E-state index in [1.54, 1.807) is 18.4 Å². The fourth-order valence-corrected chi connectivity index (χ4v) is 3.01. The van der Waals surface area contributed by atoms with Crippen LogP contribution < -0.4 is 10.6 Å². The van der Waals surface area contributed by atoms with Crippen LogP contribution in [0.5, 0.6) is 0 Å². The highest BCUT2D eigenvalue weighted by Crippen LogP contribution is 2.20. The maximum Gasteiger partial charge on any atom is 0.193 e. The highest BCUT2D eigenvalue weighted by atomic mass is 32.1. The maximum absolute atomic E-state index is 5.58. The van der Waals surface area contributed by atoms with Crippen LogP contribution >= 0.6 is 11.3 Å². The number of ether oxygens (including phenoxy) is 1. The van der Waals surface area contributed by atoms with E-state index in [-0.39, 0.29) is 11.5 Å². The van der Waals surface area contributed by atoms with Gasteiger partial charge in [-0.2, -0.15) is 0 Å². The van der Waals surface area contributed by atoms with Gasteiger partial charge >= 0.3 is 0 Å². The number of thiazole rings is 1. The van der Waals surface area contributed by atoms with E-state index in [0.29, 0.717) is 13.1 Å². The second kappa shape index (κ2) is 7.79. The third-order valence-corrected chi connectivity index (χ3v) is 4.36. The lowest BCUT2D eigenvalue weighted by Crippen LogP contribution is -2.45. The summed E-state index contributed by atoms with van der Waals surface area (Å²) in [5, 5.41) is 8.65. The van der Waals surface area contributed by atoms with E-state index in [1.165, 1.54) is 0 Å². The fraction of sp³-hybridized carbons (Fsp3) is 0.625. The molecule has 0 amide bonds. The molecule has 23 heavy (non-hydrogen) atoms. The van der Waals surface area contributed by atoms with Crippen molar-refractivity contribution in [1.82, 2.24) is 20.0 Å². The molecule has 0 aliphatic rings. The Morgan fingerprint density at radius 3 is 2.83 bits per heavy atom. The Bertz CT molecular complexity index is 612. The molecule has 1 atom stereocenters. The molecule has 0 aliphatic carbocycles. The molecule has 2 aromatic rings. The molecule has 0 aromatic carbocycles. The van der Waals surface area contributed by atoms with E-state index in [1.807, 2.05) is 22.2 Å². The molecule has 0 radical (unpaired) electrons. The van der Waals surface area contributed by atoms with Crippen molar-refractivity contribution in [2.75, 3.05) is 20.2 Å². The van der Waals surface area contributed by atoms with Crippen LogP contribution in [-0.4, -0.2) is 41.6 Å². The number of methoxy groups -OCH3 is 1. The van der Waals surface area contributed by atoms with E-state index in [9.17, 15) is 0 Å². The molecule has 2 aromatic heterocycles. The highest BCUT2D eigenvalue weighted by Gasteiger charge is 2.24. The number of aliphatic imine (C=N–C) groups is 1. The van der Waals surface area contributed by atoms with Gasteiger partial charge in [0.2, 0.25) is 0 Å². The Labute approximate surface area is 142 Å². The Balaban J connectivity index is 1.97. The van der Waals surface area contributed by atoms with Crippen molar-refractivity contribution in [1.29, 1.82) is 0 Å². The minimum atomic E-state index is 0.0767. The first-order chi connectivity index (χ1) is 10.9. The SMILES string of the molecule is CCNC(=NCc1cn2ccsc2n1)NCC(OC)C(C)(C)C. The lowest BCUT2D eigenvalue weighted by atomic mass is 9.89. The van der Waals surface area contributed by atoms with Crippen LogP contribution in [0.3, 0.4) is 0 Å². The summed E-state index contributed by atoms with van der Waals surface area (Å²) >= 11 is 1.63. The van der Waals surface area contributed by atoms with Crippen molar-refractivity contribution in [3.05, 3.63) is 23.5 Å². The van der Waals surface area contributed by atoms with E-state index in [4.69, 9.17) is 4.74 Å². The van der Waals surface area contributed by atoms with Gasteiger partial charge in [0.05, 0.1) is 18.3 Å². The summed E-state index contributed by atoms with van der Waals surface area (Å²) in [6, 6.07) is 0. The third kappa shape index (κ3) is 4.94. The Kier molecular flexibility index (Phi) is 6.01. The number of rotatable bonds is 6. The zero-order chi connectivity index (χ0) is 16.9. The number of fused-ring (bicyclic) bond motifs is 1. The Hall–Kier alpha value is -1.60. The minimum absolute atomic E-state index is 0.0767. The molecule has 0 fully saturated rings. The summed E-state index contributed by atoms with van der Waals surface area (Å²) in [7, 11) is 1.75. The summed E-state index contributed by atoms with van der Waals surface area (Å²) in [6.07, 6.45) is 4.15. The van der Waals surface area contributed by atoms with E-state index in [0.717, 1.165) is 23.2 Å². The van der Waals surface area contributed by atoms with Gasteiger partial charge in [0.25, 0.3) is 0 Å². The lowest BCUT2D eigenvalue weighted by molar-refractivity contribution is 0.0205. The molecule has 7 heteroatoms. The van der Waals surface area contributed by atoms with Crippen molar-refractivity contribution in [2.45, 2.75) is 40.3 Å². The summed E-state index contributed by atoms with van der Waals surface area (Å²) in [5.41, 5.74) is 1.04. The van der Waals surface area contributed by atoms with E-state index >= 15 is 0 Å². The predicted octanol–water partition coefficient (Wildman–Crippen LogP) is 2.51. The molecule has 2 heterocycles. The largest absolute Gasteiger partial charge is 0.379 e. The molecular weight excluding hydrogens is 310 g/mol. The number of nitrogens with zero attached hydrogens (tertiary/aromatic N) is 3. The zero-order valence-electron chi connectivity index (χ0n) is 14.6.